The zero-order valence-corrected chi connectivity index (χ0v) is 7.93. The number of hydrogen-bond acceptors (Lipinski definition) is 3. The van der Waals surface area contributed by atoms with Gasteiger partial charge in [-0.15, -0.1) is 0 Å². The zero-order chi connectivity index (χ0) is 9.80. The van der Waals surface area contributed by atoms with Crippen molar-refractivity contribution < 1.29 is 14.6 Å². The highest BCUT2D eigenvalue weighted by atomic mass is 16.7. The second kappa shape index (κ2) is 4.55. The Morgan fingerprint density at radius 1 is 1.29 bits per heavy atom. The molecule has 0 aromatic heterocycles. The summed E-state index contributed by atoms with van der Waals surface area (Å²) < 4.78 is 10.6. The number of benzene rings is 1. The fourth-order valence-electron chi connectivity index (χ4n) is 1.70. The van der Waals surface area contributed by atoms with E-state index in [1.165, 1.54) is 0 Å². The van der Waals surface area contributed by atoms with Crippen molar-refractivity contribution in [2.45, 2.75) is 6.10 Å². The van der Waals surface area contributed by atoms with Crippen LogP contribution in [0.15, 0.2) is 30.3 Å². The summed E-state index contributed by atoms with van der Waals surface area (Å²) in [6.07, 6.45) is -0.0325. The molecule has 3 heteroatoms. The van der Waals surface area contributed by atoms with Crippen LogP contribution in [0, 0.1) is 5.92 Å². The van der Waals surface area contributed by atoms with E-state index in [-0.39, 0.29) is 18.6 Å². The van der Waals surface area contributed by atoms with Crippen molar-refractivity contribution >= 4 is 0 Å². The van der Waals surface area contributed by atoms with Crippen LogP contribution in [0.5, 0.6) is 0 Å². The van der Waals surface area contributed by atoms with E-state index in [0.717, 1.165) is 5.56 Å². The number of hydrogen-bond donors (Lipinski definition) is 1. The first-order chi connectivity index (χ1) is 6.92. The molecule has 0 aliphatic carbocycles. The van der Waals surface area contributed by atoms with E-state index >= 15 is 0 Å². The molecule has 1 aliphatic heterocycles. The lowest BCUT2D eigenvalue weighted by molar-refractivity contribution is -0.179. The van der Waals surface area contributed by atoms with Gasteiger partial charge in [-0.05, 0) is 5.56 Å². The summed E-state index contributed by atoms with van der Waals surface area (Å²) >= 11 is 0. The summed E-state index contributed by atoms with van der Waals surface area (Å²) in [5, 5.41) is 9.16. The predicted molar refractivity (Wildman–Crippen MR) is 51.7 cm³/mol. The highest BCUT2D eigenvalue weighted by Gasteiger charge is 2.27. The highest BCUT2D eigenvalue weighted by Crippen LogP contribution is 2.28. The molecule has 0 saturated carbocycles. The maximum absolute atomic E-state index is 9.16. The summed E-state index contributed by atoms with van der Waals surface area (Å²) in [5.41, 5.74) is 1.11. The van der Waals surface area contributed by atoms with Gasteiger partial charge in [0.05, 0.1) is 19.3 Å². The lowest BCUT2D eigenvalue weighted by Gasteiger charge is -2.30. The Morgan fingerprint density at radius 3 is 2.79 bits per heavy atom. The van der Waals surface area contributed by atoms with E-state index in [2.05, 4.69) is 0 Å². The van der Waals surface area contributed by atoms with E-state index in [1.807, 2.05) is 30.3 Å². The molecule has 2 unspecified atom stereocenters. The first kappa shape index (κ1) is 9.65. The molecule has 0 radical (unpaired) electrons. The fourth-order valence-corrected chi connectivity index (χ4v) is 1.70. The zero-order valence-electron chi connectivity index (χ0n) is 7.93. The van der Waals surface area contributed by atoms with E-state index in [0.29, 0.717) is 13.4 Å². The van der Waals surface area contributed by atoms with Crippen molar-refractivity contribution in [3.05, 3.63) is 35.9 Å². The topological polar surface area (TPSA) is 38.7 Å². The van der Waals surface area contributed by atoms with Crippen LogP contribution in [-0.4, -0.2) is 25.1 Å². The minimum atomic E-state index is -0.0325. The molecule has 1 aromatic carbocycles. The molecule has 1 heterocycles. The van der Waals surface area contributed by atoms with Crippen molar-refractivity contribution in [3.63, 3.8) is 0 Å². The predicted octanol–water partition coefficient (Wildman–Crippen LogP) is 1.34. The molecule has 1 aromatic rings. The molecular weight excluding hydrogens is 180 g/mol. The Bertz CT molecular complexity index is 273. The van der Waals surface area contributed by atoms with Gasteiger partial charge in [-0.25, -0.2) is 0 Å². The molecule has 14 heavy (non-hydrogen) atoms. The Morgan fingerprint density at radius 2 is 2.07 bits per heavy atom. The van der Waals surface area contributed by atoms with Gasteiger partial charge in [-0.3, -0.25) is 0 Å². The van der Waals surface area contributed by atoms with Gasteiger partial charge < -0.3 is 14.6 Å². The molecule has 2 rings (SSSR count). The summed E-state index contributed by atoms with van der Waals surface area (Å²) in [4.78, 5) is 0. The van der Waals surface area contributed by atoms with E-state index < -0.39 is 0 Å². The van der Waals surface area contributed by atoms with Crippen molar-refractivity contribution in [2.75, 3.05) is 20.0 Å². The van der Waals surface area contributed by atoms with Crippen LogP contribution in [0.2, 0.25) is 0 Å². The second-order valence-corrected chi connectivity index (χ2v) is 3.43. The molecule has 2 atom stereocenters. The molecule has 1 aliphatic rings. The van der Waals surface area contributed by atoms with Crippen LogP contribution >= 0.6 is 0 Å². The Kier molecular flexibility index (Phi) is 3.14. The molecule has 76 valence electrons. The Labute approximate surface area is 83.3 Å². The number of rotatable bonds is 2. The van der Waals surface area contributed by atoms with Crippen LogP contribution in [-0.2, 0) is 9.47 Å². The first-order valence-electron chi connectivity index (χ1n) is 4.77. The van der Waals surface area contributed by atoms with Crippen molar-refractivity contribution in [2.24, 2.45) is 5.92 Å². The van der Waals surface area contributed by atoms with E-state index in [9.17, 15) is 0 Å². The average Bonchev–Trinajstić information content (AvgIpc) is 2.30. The number of ether oxygens (including phenoxy) is 2. The van der Waals surface area contributed by atoms with Gasteiger partial charge in [0, 0.05) is 5.92 Å². The maximum Gasteiger partial charge on any atom is 0.147 e. The molecule has 1 saturated heterocycles. The van der Waals surface area contributed by atoms with Gasteiger partial charge in [-0.1, -0.05) is 30.3 Å². The molecule has 1 N–H and O–H groups in total. The van der Waals surface area contributed by atoms with E-state index in [4.69, 9.17) is 14.6 Å². The lowest BCUT2D eigenvalue weighted by atomic mass is 9.96. The van der Waals surface area contributed by atoms with Crippen LogP contribution < -0.4 is 0 Å². The standard InChI is InChI=1S/C11H14O3/c12-6-10-7-13-8-14-11(10)9-4-2-1-3-5-9/h1-5,10-12H,6-8H2. The van der Waals surface area contributed by atoms with Crippen molar-refractivity contribution in [3.8, 4) is 0 Å². The van der Waals surface area contributed by atoms with Gasteiger partial charge in [0.15, 0.2) is 0 Å². The number of aliphatic hydroxyl groups is 1. The minimum Gasteiger partial charge on any atom is -0.396 e. The third kappa shape index (κ3) is 1.95. The average molecular weight is 194 g/mol. The van der Waals surface area contributed by atoms with Crippen molar-refractivity contribution in [1.29, 1.82) is 0 Å². The van der Waals surface area contributed by atoms with Crippen molar-refractivity contribution in [1.82, 2.24) is 0 Å². The smallest absolute Gasteiger partial charge is 0.147 e. The summed E-state index contributed by atoms with van der Waals surface area (Å²) in [6.45, 7) is 0.978. The van der Waals surface area contributed by atoms with E-state index in [1.54, 1.807) is 0 Å². The SMILES string of the molecule is OCC1COCOC1c1ccccc1. The molecule has 3 nitrogen and oxygen atoms in total. The monoisotopic (exact) mass is 194 g/mol. The third-order valence-electron chi connectivity index (χ3n) is 2.45. The van der Waals surface area contributed by atoms with Gasteiger partial charge >= 0.3 is 0 Å². The van der Waals surface area contributed by atoms with Gasteiger partial charge in [-0.2, -0.15) is 0 Å². The molecule has 0 bridgehead atoms. The van der Waals surface area contributed by atoms with Crippen LogP contribution in [0.4, 0.5) is 0 Å². The van der Waals surface area contributed by atoms with Gasteiger partial charge in [0.1, 0.15) is 6.79 Å². The van der Waals surface area contributed by atoms with Crippen LogP contribution in [0.3, 0.4) is 0 Å². The third-order valence-corrected chi connectivity index (χ3v) is 2.45. The minimum absolute atomic E-state index is 0.0325. The quantitative estimate of drug-likeness (QED) is 0.772. The Hall–Kier alpha value is -0.900. The van der Waals surface area contributed by atoms with Crippen LogP contribution in [0.25, 0.3) is 0 Å². The summed E-state index contributed by atoms with van der Waals surface area (Å²) in [7, 11) is 0. The normalized spacial score (nSPS) is 27.5. The maximum atomic E-state index is 9.16. The molecule has 1 fully saturated rings. The second-order valence-electron chi connectivity index (χ2n) is 3.43. The summed E-state index contributed by atoms with van der Waals surface area (Å²) in [6, 6.07) is 9.94. The largest absolute Gasteiger partial charge is 0.396 e. The van der Waals surface area contributed by atoms with Gasteiger partial charge in [0.25, 0.3) is 0 Å². The van der Waals surface area contributed by atoms with Crippen LogP contribution in [0.1, 0.15) is 11.7 Å². The molecule has 0 amide bonds. The fraction of sp³-hybridized carbons (Fsp3) is 0.455. The summed E-state index contributed by atoms with van der Waals surface area (Å²) in [5.74, 6) is 0.0474. The van der Waals surface area contributed by atoms with Gasteiger partial charge in [0.2, 0.25) is 0 Å². The molecular formula is C11H14O3. The lowest BCUT2D eigenvalue weighted by Crippen LogP contribution is -2.30. The molecule has 0 spiro atoms. The highest BCUT2D eigenvalue weighted by molar-refractivity contribution is 5.18. The number of aliphatic hydroxyl groups excluding tert-OH is 1. The Balaban J connectivity index is 2.15. The first-order valence-corrected chi connectivity index (χ1v) is 4.77.